The van der Waals surface area contributed by atoms with Crippen LogP contribution in [-0.2, 0) is 0 Å². The Morgan fingerprint density at radius 3 is 2.45 bits per heavy atom. The van der Waals surface area contributed by atoms with Crippen LogP contribution in [0, 0.1) is 5.82 Å². The van der Waals surface area contributed by atoms with Crippen molar-refractivity contribution in [1.82, 2.24) is 0 Å². The Balaban J connectivity index is 2.42. The first-order chi connectivity index (χ1) is 9.56. The van der Waals surface area contributed by atoms with Gasteiger partial charge in [0, 0.05) is 17.5 Å². The molecule has 0 spiro atoms. The van der Waals surface area contributed by atoms with Gasteiger partial charge in [-0.15, -0.1) is 0 Å². The van der Waals surface area contributed by atoms with Crippen molar-refractivity contribution in [2.45, 2.75) is 12.0 Å². The van der Waals surface area contributed by atoms with Crippen molar-refractivity contribution in [2.75, 3.05) is 6.54 Å². The molecule has 0 fully saturated rings. The fraction of sp³-hybridized carbons (Fsp3) is 0.200. The number of halogens is 3. The molecule has 2 aromatic rings. The Bertz CT molecular complexity index is 608. The van der Waals surface area contributed by atoms with Gasteiger partial charge in [-0.3, -0.25) is 0 Å². The Kier molecular flexibility index (Phi) is 5.16. The lowest BCUT2D eigenvalue weighted by atomic mass is 9.89. The molecule has 0 saturated carbocycles. The van der Waals surface area contributed by atoms with Crippen LogP contribution in [0.25, 0.3) is 0 Å². The van der Waals surface area contributed by atoms with E-state index in [0.29, 0.717) is 10.6 Å². The predicted octanol–water partition coefficient (Wildman–Crippen LogP) is 4.02. The second-order valence-corrected chi connectivity index (χ2v) is 5.65. The smallest absolute Gasteiger partial charge is 0.137 e. The van der Waals surface area contributed by atoms with Crippen LogP contribution in [0.2, 0.25) is 5.02 Å². The molecule has 2 rings (SSSR count). The number of hydrogen-bond donors (Lipinski definition) is 2. The summed E-state index contributed by atoms with van der Waals surface area (Å²) in [7, 11) is 0. The van der Waals surface area contributed by atoms with Gasteiger partial charge in [0.15, 0.2) is 0 Å². The van der Waals surface area contributed by atoms with Crippen LogP contribution in [0.15, 0.2) is 46.9 Å². The molecular weight excluding hydrogens is 345 g/mol. The van der Waals surface area contributed by atoms with E-state index in [2.05, 4.69) is 15.9 Å². The van der Waals surface area contributed by atoms with Gasteiger partial charge in [0.05, 0.1) is 10.6 Å². The van der Waals surface area contributed by atoms with E-state index in [9.17, 15) is 9.50 Å². The van der Waals surface area contributed by atoms with Gasteiger partial charge in [0.1, 0.15) is 5.82 Å². The highest BCUT2D eigenvalue weighted by Crippen LogP contribution is 2.37. The molecule has 106 valence electrons. The normalized spacial score (nSPS) is 14.1. The van der Waals surface area contributed by atoms with E-state index >= 15 is 0 Å². The van der Waals surface area contributed by atoms with Crippen molar-refractivity contribution in [3.05, 3.63) is 68.9 Å². The molecule has 0 amide bonds. The maximum Gasteiger partial charge on any atom is 0.137 e. The third-order valence-electron chi connectivity index (χ3n) is 3.24. The molecule has 5 heteroatoms. The van der Waals surface area contributed by atoms with E-state index in [4.69, 9.17) is 17.3 Å². The minimum absolute atomic E-state index is 0.202. The van der Waals surface area contributed by atoms with Crippen molar-refractivity contribution in [3.8, 4) is 0 Å². The summed E-state index contributed by atoms with van der Waals surface area (Å²) < 4.78 is 13.8. The Labute approximate surface area is 130 Å². The molecule has 0 aliphatic rings. The summed E-state index contributed by atoms with van der Waals surface area (Å²) in [5.41, 5.74) is 6.98. The average molecular weight is 359 g/mol. The maximum atomic E-state index is 13.6. The SMILES string of the molecule is NCC(c1ccccc1Cl)C(O)c1cccc(F)c1Br. The zero-order valence-electron chi connectivity index (χ0n) is 10.6. The predicted molar refractivity (Wildman–Crippen MR) is 82.3 cm³/mol. The Morgan fingerprint density at radius 2 is 1.80 bits per heavy atom. The van der Waals surface area contributed by atoms with Crippen LogP contribution in [0.1, 0.15) is 23.1 Å². The average Bonchev–Trinajstić information content (AvgIpc) is 2.44. The number of benzene rings is 2. The van der Waals surface area contributed by atoms with Crippen LogP contribution in [0.5, 0.6) is 0 Å². The van der Waals surface area contributed by atoms with E-state index in [1.165, 1.54) is 6.07 Å². The van der Waals surface area contributed by atoms with Gasteiger partial charge in [-0.05, 0) is 39.2 Å². The van der Waals surface area contributed by atoms with Crippen LogP contribution in [0.4, 0.5) is 4.39 Å². The Morgan fingerprint density at radius 1 is 1.15 bits per heavy atom. The highest BCUT2D eigenvalue weighted by molar-refractivity contribution is 9.10. The monoisotopic (exact) mass is 357 g/mol. The topological polar surface area (TPSA) is 46.2 Å². The number of hydrogen-bond acceptors (Lipinski definition) is 2. The van der Waals surface area contributed by atoms with Gasteiger partial charge in [0.2, 0.25) is 0 Å². The third-order valence-corrected chi connectivity index (χ3v) is 4.42. The standard InChI is InChI=1S/C15H14BrClFNO/c16-14-10(5-3-7-13(14)18)15(20)11(8-19)9-4-1-2-6-12(9)17/h1-7,11,15,20H,8,19H2. The first kappa shape index (κ1) is 15.4. The highest BCUT2D eigenvalue weighted by atomic mass is 79.9. The van der Waals surface area contributed by atoms with E-state index in [1.807, 2.05) is 18.2 Å². The zero-order chi connectivity index (χ0) is 14.7. The van der Waals surface area contributed by atoms with E-state index < -0.39 is 17.8 Å². The van der Waals surface area contributed by atoms with Crippen LogP contribution < -0.4 is 5.73 Å². The Hall–Kier alpha value is -0.940. The minimum atomic E-state index is -0.940. The molecule has 0 aromatic heterocycles. The summed E-state index contributed by atoms with van der Waals surface area (Å²) in [6.07, 6.45) is -0.940. The number of aliphatic hydroxyl groups excluding tert-OH is 1. The lowest BCUT2D eigenvalue weighted by Gasteiger charge is -2.24. The third kappa shape index (κ3) is 3.04. The van der Waals surface area contributed by atoms with Crippen molar-refractivity contribution >= 4 is 27.5 Å². The second kappa shape index (κ2) is 6.68. The van der Waals surface area contributed by atoms with Crippen molar-refractivity contribution in [2.24, 2.45) is 5.73 Å². The summed E-state index contributed by atoms with van der Waals surface area (Å²) in [5.74, 6) is -0.821. The maximum absolute atomic E-state index is 13.6. The molecule has 0 aliphatic carbocycles. The fourth-order valence-electron chi connectivity index (χ4n) is 2.17. The summed E-state index contributed by atoms with van der Waals surface area (Å²) in [5, 5.41) is 11.1. The molecule has 0 bridgehead atoms. The molecule has 2 aromatic carbocycles. The highest BCUT2D eigenvalue weighted by Gasteiger charge is 2.25. The van der Waals surface area contributed by atoms with Gasteiger partial charge in [0.25, 0.3) is 0 Å². The van der Waals surface area contributed by atoms with Gasteiger partial charge in [-0.2, -0.15) is 0 Å². The zero-order valence-corrected chi connectivity index (χ0v) is 12.9. The number of rotatable bonds is 4. The van der Waals surface area contributed by atoms with Gasteiger partial charge >= 0.3 is 0 Å². The van der Waals surface area contributed by atoms with Crippen molar-refractivity contribution in [3.63, 3.8) is 0 Å². The molecule has 0 aliphatic heterocycles. The molecular formula is C15H14BrClFNO. The van der Waals surface area contributed by atoms with E-state index in [0.717, 1.165) is 5.56 Å². The molecule has 0 heterocycles. The largest absolute Gasteiger partial charge is 0.388 e. The summed E-state index contributed by atoms with van der Waals surface area (Å²) in [6, 6.07) is 11.7. The lowest BCUT2D eigenvalue weighted by Crippen LogP contribution is -2.21. The second-order valence-electron chi connectivity index (χ2n) is 4.45. The van der Waals surface area contributed by atoms with Crippen LogP contribution >= 0.6 is 27.5 Å². The van der Waals surface area contributed by atoms with E-state index in [1.54, 1.807) is 18.2 Å². The summed E-state index contributed by atoms with van der Waals surface area (Å²) >= 11 is 9.31. The van der Waals surface area contributed by atoms with Gasteiger partial charge in [-0.1, -0.05) is 41.9 Å². The molecule has 20 heavy (non-hydrogen) atoms. The lowest BCUT2D eigenvalue weighted by molar-refractivity contribution is 0.146. The first-order valence-corrected chi connectivity index (χ1v) is 7.29. The van der Waals surface area contributed by atoms with Crippen LogP contribution in [0.3, 0.4) is 0 Å². The van der Waals surface area contributed by atoms with Crippen molar-refractivity contribution in [1.29, 1.82) is 0 Å². The molecule has 0 radical (unpaired) electrons. The van der Waals surface area contributed by atoms with Crippen molar-refractivity contribution < 1.29 is 9.50 Å². The molecule has 0 saturated heterocycles. The van der Waals surface area contributed by atoms with E-state index in [-0.39, 0.29) is 11.0 Å². The fourth-order valence-corrected chi connectivity index (χ4v) is 2.94. The van der Waals surface area contributed by atoms with Crippen LogP contribution in [-0.4, -0.2) is 11.7 Å². The molecule has 2 unspecified atom stereocenters. The number of nitrogens with two attached hydrogens (primary N) is 1. The number of aliphatic hydroxyl groups is 1. The molecule has 2 atom stereocenters. The molecule has 3 N–H and O–H groups in total. The summed E-state index contributed by atoms with van der Waals surface area (Å²) in [6.45, 7) is 0.202. The first-order valence-electron chi connectivity index (χ1n) is 6.12. The van der Waals surface area contributed by atoms with Gasteiger partial charge in [-0.25, -0.2) is 4.39 Å². The quantitative estimate of drug-likeness (QED) is 0.867. The summed E-state index contributed by atoms with van der Waals surface area (Å²) in [4.78, 5) is 0. The minimum Gasteiger partial charge on any atom is -0.388 e. The van der Waals surface area contributed by atoms with Gasteiger partial charge < -0.3 is 10.8 Å². The molecule has 2 nitrogen and oxygen atoms in total.